The Morgan fingerprint density at radius 1 is 0.411 bits per heavy atom. The smallest absolute Gasteiger partial charge is 0.411 e. The van der Waals surface area contributed by atoms with Crippen molar-refractivity contribution in [3.8, 4) is 0 Å². The molecule has 6 amide bonds. The molecular weight excluding hydrogens is 1450 g/mol. The van der Waals surface area contributed by atoms with Crippen molar-refractivity contribution in [2.24, 2.45) is 5.92 Å². The summed E-state index contributed by atoms with van der Waals surface area (Å²) in [7, 11) is 0. The normalized spacial score (nSPS) is 21.5. The first-order valence-electron chi connectivity index (χ1n) is 37.8. The molecule has 0 bridgehead atoms. The Kier molecular flexibility index (Phi) is 30.9. The van der Waals surface area contributed by atoms with Gasteiger partial charge in [-0.1, -0.05) is 121 Å². The standard InChI is InChI=1S/C29H37NO7.C28H34N2O6.C14H22N2O6.C11H19NO5/c1-28(2,3)37-27(34)30-16-10-15-29(30,21-31)25(32)17-24(20-35-18-22-11-6-4-7-12-22)26(33)36-19-23-13-8-5-9-14-23;1-27(2,3)36-26(33)30-16-10-15-28(30)20-29(25(28)32)23(19-34-17-21-11-6-4-7-12-21)24(31)35-18-22-13-8-5-9-14-22;1-13(2,3)22-12(21)16-6-4-5-14(16)8-15(11(14)20)9(7-17)10(18)19;1-10(2,3)17-9(16)12-6-4-5-11(12,7-13)8(14)15/h4-9,11-14,24,31H,10,15-21H2,1-3H3;4-9,11-14,23H,10,15-20H2,1-3H3;9,17H,4-8H2,1-3H3,(H,18,19);13H,4-7H2,1-3H3,(H,14,15)/t24-,29?;23-,28?;9-,14?;/m000./s1. The number of carbonyl (C=O) groups is 11. The minimum Gasteiger partial charge on any atom is -0.480 e. The van der Waals surface area contributed by atoms with E-state index >= 15 is 0 Å². The van der Waals surface area contributed by atoms with Gasteiger partial charge in [-0.25, -0.2) is 33.6 Å². The van der Waals surface area contributed by atoms with Crippen LogP contribution < -0.4 is 0 Å². The number of carboxylic acids is 2. The van der Waals surface area contributed by atoms with Crippen molar-refractivity contribution >= 4 is 65.8 Å². The molecule has 4 aromatic carbocycles. The molecule has 5 N–H and O–H groups in total. The van der Waals surface area contributed by atoms with Crippen LogP contribution in [-0.2, 0) is 97.9 Å². The second kappa shape index (κ2) is 38.7. The van der Waals surface area contributed by atoms with E-state index in [9.17, 15) is 68.1 Å². The first kappa shape index (κ1) is 89.5. The molecule has 0 aromatic heterocycles. The zero-order valence-corrected chi connectivity index (χ0v) is 66.4. The molecule has 30 heteroatoms. The predicted octanol–water partition coefficient (Wildman–Crippen LogP) is 9.09. The molecule has 614 valence electrons. The van der Waals surface area contributed by atoms with Crippen LogP contribution >= 0.6 is 0 Å². The van der Waals surface area contributed by atoms with Gasteiger partial charge in [0, 0.05) is 32.6 Å². The number of nitrogens with zero attached hydrogens (tertiary/aromatic N) is 6. The maximum atomic E-state index is 13.6. The number of rotatable bonds is 24. The molecule has 6 heterocycles. The van der Waals surface area contributed by atoms with E-state index in [1.54, 1.807) is 83.1 Å². The van der Waals surface area contributed by atoms with Crippen molar-refractivity contribution in [1.29, 1.82) is 0 Å². The molecule has 6 aliphatic heterocycles. The van der Waals surface area contributed by atoms with E-state index in [-0.39, 0.29) is 77.8 Å². The Labute approximate surface area is 654 Å². The van der Waals surface area contributed by atoms with Gasteiger partial charge in [-0.05, 0) is 157 Å². The average molecular weight is 1570 g/mol. The molecule has 6 aliphatic rings. The molecule has 7 atom stereocenters. The third-order valence-electron chi connectivity index (χ3n) is 19.5. The molecule has 0 aliphatic carbocycles. The highest BCUT2D eigenvalue weighted by Gasteiger charge is 2.64. The van der Waals surface area contributed by atoms with E-state index in [2.05, 4.69) is 0 Å². The zero-order chi connectivity index (χ0) is 82.6. The van der Waals surface area contributed by atoms with Crippen molar-refractivity contribution in [3.63, 3.8) is 0 Å². The number of hydrogen-bond donors (Lipinski definition) is 5. The number of hydrogen-bond acceptors (Lipinski definition) is 22. The fraction of sp³-hybridized carbons (Fsp3) is 0.573. The number of ether oxygens (including phenoxy) is 8. The molecular formula is C82H112N6O24. The van der Waals surface area contributed by atoms with Gasteiger partial charge in [0.15, 0.2) is 23.4 Å². The molecule has 2 spiro atoms. The number of aliphatic hydroxyl groups is 3. The van der Waals surface area contributed by atoms with E-state index in [1.807, 2.05) is 121 Å². The monoisotopic (exact) mass is 1560 g/mol. The van der Waals surface area contributed by atoms with Gasteiger partial charge < -0.3 is 73.2 Å². The van der Waals surface area contributed by atoms with E-state index in [0.717, 1.165) is 32.1 Å². The summed E-state index contributed by atoms with van der Waals surface area (Å²) >= 11 is 0. The minimum atomic E-state index is -1.53. The lowest BCUT2D eigenvalue weighted by Gasteiger charge is -2.52. The predicted molar refractivity (Wildman–Crippen MR) is 405 cm³/mol. The summed E-state index contributed by atoms with van der Waals surface area (Å²) in [6.45, 7) is 21.7. The fourth-order valence-electron chi connectivity index (χ4n) is 14.0. The van der Waals surface area contributed by atoms with Crippen molar-refractivity contribution in [1.82, 2.24) is 29.4 Å². The molecule has 0 radical (unpaired) electrons. The maximum absolute atomic E-state index is 13.6. The molecule has 0 saturated carbocycles. The lowest BCUT2D eigenvalue weighted by molar-refractivity contribution is -0.177. The number of likely N-dealkylation sites (tertiary alicyclic amines) is 6. The van der Waals surface area contributed by atoms with Gasteiger partial charge in [0.1, 0.15) is 52.2 Å². The number of aliphatic carboxylic acids is 2. The molecule has 112 heavy (non-hydrogen) atoms. The summed E-state index contributed by atoms with van der Waals surface area (Å²) in [5.74, 6) is -5.56. The Hall–Kier alpha value is -9.75. The Morgan fingerprint density at radius 3 is 1.08 bits per heavy atom. The zero-order valence-electron chi connectivity index (χ0n) is 66.4. The summed E-state index contributed by atoms with van der Waals surface area (Å²) in [5.41, 5.74) is -4.13. The Balaban J connectivity index is 0.000000216. The number of carboxylic acid groups (broad SMARTS) is 2. The number of amides is 6. The average Bonchev–Trinajstić information content (AvgIpc) is 1.47. The van der Waals surface area contributed by atoms with Crippen molar-refractivity contribution < 1.29 is 116 Å². The van der Waals surface area contributed by atoms with Gasteiger partial charge in [0.2, 0.25) is 0 Å². The summed E-state index contributed by atoms with van der Waals surface area (Å²) in [4.78, 5) is 146. The van der Waals surface area contributed by atoms with Gasteiger partial charge in [-0.15, -0.1) is 0 Å². The van der Waals surface area contributed by atoms with Crippen LogP contribution in [0.5, 0.6) is 0 Å². The fourth-order valence-corrected chi connectivity index (χ4v) is 14.0. The molecule has 4 aromatic rings. The van der Waals surface area contributed by atoms with Crippen molar-refractivity contribution in [2.45, 2.75) is 224 Å². The number of ketones is 1. The third kappa shape index (κ3) is 23.2. The first-order valence-corrected chi connectivity index (χ1v) is 37.8. The van der Waals surface area contributed by atoms with E-state index in [1.165, 1.54) is 19.6 Å². The van der Waals surface area contributed by atoms with Gasteiger partial charge in [-0.3, -0.25) is 38.8 Å². The summed E-state index contributed by atoms with van der Waals surface area (Å²) in [5, 5.41) is 46.9. The van der Waals surface area contributed by atoms with E-state index < -0.39 is 142 Å². The quantitative estimate of drug-likeness (QED) is 0.0248. The Bertz CT molecular complexity index is 3860. The number of Topliss-reactive ketones (excluding diaryl/α,β-unsaturated/α-hetero) is 1. The molecule has 30 nitrogen and oxygen atoms in total. The number of benzene rings is 4. The highest BCUT2D eigenvalue weighted by Crippen LogP contribution is 2.43. The van der Waals surface area contributed by atoms with Crippen LogP contribution in [0.25, 0.3) is 0 Å². The summed E-state index contributed by atoms with van der Waals surface area (Å²) in [6.07, 6.45) is 1.37. The minimum absolute atomic E-state index is 0.00320. The van der Waals surface area contributed by atoms with Crippen LogP contribution in [0, 0.1) is 5.92 Å². The second-order valence-electron chi connectivity index (χ2n) is 32.6. The third-order valence-corrected chi connectivity index (χ3v) is 19.5. The Morgan fingerprint density at radius 2 is 0.732 bits per heavy atom. The van der Waals surface area contributed by atoms with Gasteiger partial charge in [-0.2, -0.15) is 0 Å². The lowest BCUT2D eigenvalue weighted by Crippen LogP contribution is -2.76. The van der Waals surface area contributed by atoms with Crippen LogP contribution in [0.15, 0.2) is 121 Å². The number of carbonyl (C=O) groups excluding carboxylic acids is 9. The number of esters is 2. The van der Waals surface area contributed by atoms with E-state index in [0.29, 0.717) is 64.8 Å². The van der Waals surface area contributed by atoms with Crippen LogP contribution in [0.1, 0.15) is 163 Å². The lowest BCUT2D eigenvalue weighted by atomic mass is 9.84. The second-order valence-corrected chi connectivity index (χ2v) is 32.6. The van der Waals surface area contributed by atoms with Gasteiger partial charge in [0.05, 0.1) is 65.3 Å². The van der Waals surface area contributed by atoms with Gasteiger partial charge in [0.25, 0.3) is 11.8 Å². The number of β-lactam (4-membered cyclic amide) rings is 2. The largest absolute Gasteiger partial charge is 0.480 e. The number of aliphatic hydroxyl groups excluding tert-OH is 3. The van der Waals surface area contributed by atoms with Crippen LogP contribution in [-0.4, -0.2) is 250 Å². The molecule has 10 rings (SSSR count). The summed E-state index contributed by atoms with van der Waals surface area (Å²) < 4.78 is 44.3. The van der Waals surface area contributed by atoms with Crippen molar-refractivity contribution in [2.75, 3.05) is 72.3 Å². The van der Waals surface area contributed by atoms with Crippen LogP contribution in [0.2, 0.25) is 0 Å². The van der Waals surface area contributed by atoms with Crippen LogP contribution in [0.4, 0.5) is 19.2 Å². The maximum Gasteiger partial charge on any atom is 0.411 e. The van der Waals surface area contributed by atoms with Crippen LogP contribution in [0.3, 0.4) is 0 Å². The molecule has 4 unspecified atom stereocenters. The highest BCUT2D eigenvalue weighted by molar-refractivity contribution is 6.00. The summed E-state index contributed by atoms with van der Waals surface area (Å²) in [6, 6.07) is 35.6. The SMILES string of the molecule is CC(C)(C)OC(=O)N1CCCC1(CO)C(=O)C[C@@H](COCc1ccccc1)C(=O)OCc1ccccc1.CC(C)(C)OC(=O)N1CCCC1(CO)C(=O)O.CC(C)(C)OC(=O)N1CCCC12CN([C@@H](CO)C(=O)O)C2=O.CC(C)(C)OC(=O)N1CCCC12CN([C@@H](COCc1ccccc1)C(=O)OCc1ccccc1)C2=O. The van der Waals surface area contributed by atoms with Crippen molar-refractivity contribution in [3.05, 3.63) is 144 Å². The first-order chi connectivity index (χ1) is 52.7. The molecule has 6 saturated heterocycles. The van der Waals surface area contributed by atoms with Gasteiger partial charge >= 0.3 is 48.3 Å². The van der Waals surface area contributed by atoms with E-state index in [4.69, 9.17) is 48.1 Å². The highest BCUT2D eigenvalue weighted by atomic mass is 16.6. The topological polar surface area (TPSA) is 382 Å². The molecule has 6 fully saturated rings.